The monoisotopic (exact) mass is 239 g/mol. The second-order valence-electron chi connectivity index (χ2n) is 4.38. The van der Waals surface area contributed by atoms with E-state index in [1.807, 2.05) is 0 Å². The summed E-state index contributed by atoms with van der Waals surface area (Å²) in [5.41, 5.74) is 1.76. The second kappa shape index (κ2) is 5.47. The minimum absolute atomic E-state index is 0.138. The van der Waals surface area contributed by atoms with Crippen LogP contribution in [0.5, 0.6) is 5.75 Å². The van der Waals surface area contributed by atoms with Crippen LogP contribution in [0.4, 0.5) is 4.39 Å². The van der Waals surface area contributed by atoms with Crippen LogP contribution in [-0.4, -0.2) is 31.4 Å². The van der Waals surface area contributed by atoms with Crippen LogP contribution in [0.3, 0.4) is 0 Å². The highest BCUT2D eigenvalue weighted by Gasteiger charge is 2.20. The fourth-order valence-electron chi connectivity index (χ4n) is 2.24. The zero-order valence-corrected chi connectivity index (χ0v) is 10.0. The van der Waals surface area contributed by atoms with Gasteiger partial charge in [0.1, 0.15) is 24.3 Å². The maximum atomic E-state index is 13.5. The molecule has 17 heavy (non-hydrogen) atoms. The van der Waals surface area contributed by atoms with E-state index >= 15 is 0 Å². The van der Waals surface area contributed by atoms with Crippen molar-refractivity contribution in [1.82, 2.24) is 5.32 Å². The first kappa shape index (κ1) is 12.3. The van der Waals surface area contributed by atoms with E-state index in [1.54, 1.807) is 13.1 Å². The Morgan fingerprint density at radius 1 is 1.41 bits per heavy atom. The lowest BCUT2D eigenvalue weighted by molar-refractivity contribution is 0.107. The molecule has 0 fully saturated rings. The van der Waals surface area contributed by atoms with Gasteiger partial charge in [-0.2, -0.15) is 0 Å². The first-order valence-corrected chi connectivity index (χ1v) is 5.98. The molecular formula is C13H18FNO2. The predicted molar refractivity (Wildman–Crippen MR) is 63.9 cm³/mol. The van der Waals surface area contributed by atoms with Crippen molar-refractivity contribution >= 4 is 0 Å². The summed E-state index contributed by atoms with van der Waals surface area (Å²) in [5.74, 6) is 0.578. The molecule has 2 rings (SSSR count). The summed E-state index contributed by atoms with van der Waals surface area (Å²) < 4.78 is 19.0. The highest BCUT2D eigenvalue weighted by atomic mass is 19.1. The maximum absolute atomic E-state index is 13.5. The number of likely N-dealkylation sites (N-methyl/N-ethyl adjacent to an activating group) is 1. The number of hydrogen-bond donors (Lipinski definition) is 2. The number of ether oxygens (including phenoxy) is 1. The molecule has 0 amide bonds. The molecule has 0 aromatic heterocycles. The van der Waals surface area contributed by atoms with Gasteiger partial charge in [0.25, 0.3) is 0 Å². The SMILES string of the molecule is CNCC(O)COc1ccc(F)c2c1CCC2. The number of hydrogen-bond acceptors (Lipinski definition) is 3. The highest BCUT2D eigenvalue weighted by Crippen LogP contribution is 2.32. The number of aliphatic hydroxyl groups excluding tert-OH is 1. The Labute approximate surface area is 101 Å². The Balaban J connectivity index is 2.05. The average molecular weight is 239 g/mol. The molecule has 1 aromatic rings. The zero-order valence-electron chi connectivity index (χ0n) is 10.0. The third-order valence-electron chi connectivity index (χ3n) is 3.06. The smallest absolute Gasteiger partial charge is 0.126 e. The Morgan fingerprint density at radius 3 is 2.94 bits per heavy atom. The van der Waals surface area contributed by atoms with Crippen LogP contribution in [0.1, 0.15) is 17.5 Å². The van der Waals surface area contributed by atoms with Gasteiger partial charge >= 0.3 is 0 Å². The van der Waals surface area contributed by atoms with Crippen LogP contribution in [0.15, 0.2) is 12.1 Å². The molecule has 1 atom stereocenters. The fourth-order valence-corrected chi connectivity index (χ4v) is 2.24. The lowest BCUT2D eigenvalue weighted by atomic mass is 10.1. The van der Waals surface area contributed by atoms with Gasteiger partial charge in [-0.05, 0) is 44.0 Å². The zero-order chi connectivity index (χ0) is 12.3. The number of rotatable bonds is 5. The van der Waals surface area contributed by atoms with Crippen molar-refractivity contribution in [1.29, 1.82) is 0 Å². The van der Waals surface area contributed by atoms with E-state index in [-0.39, 0.29) is 12.4 Å². The van der Waals surface area contributed by atoms with Crippen LogP contribution in [0, 0.1) is 5.82 Å². The molecule has 3 nitrogen and oxygen atoms in total. The molecule has 0 aliphatic heterocycles. The largest absolute Gasteiger partial charge is 0.491 e. The van der Waals surface area contributed by atoms with E-state index in [0.29, 0.717) is 12.3 Å². The molecular weight excluding hydrogens is 221 g/mol. The lowest BCUT2D eigenvalue weighted by Crippen LogP contribution is -2.29. The Morgan fingerprint density at radius 2 is 2.18 bits per heavy atom. The fraction of sp³-hybridized carbons (Fsp3) is 0.538. The molecule has 0 saturated carbocycles. The van der Waals surface area contributed by atoms with E-state index in [2.05, 4.69) is 5.32 Å². The summed E-state index contributed by atoms with van der Waals surface area (Å²) in [6.07, 6.45) is 2.09. The molecule has 4 heteroatoms. The van der Waals surface area contributed by atoms with Gasteiger partial charge in [0.05, 0.1) is 0 Å². The average Bonchev–Trinajstić information content (AvgIpc) is 2.78. The minimum atomic E-state index is -0.540. The summed E-state index contributed by atoms with van der Waals surface area (Å²) in [5, 5.41) is 12.4. The van der Waals surface area contributed by atoms with Crippen molar-refractivity contribution in [3.8, 4) is 5.75 Å². The van der Waals surface area contributed by atoms with Crippen molar-refractivity contribution in [2.45, 2.75) is 25.4 Å². The molecule has 1 aliphatic rings. The van der Waals surface area contributed by atoms with Crippen LogP contribution in [0.2, 0.25) is 0 Å². The molecule has 1 unspecified atom stereocenters. The standard InChI is InChI=1S/C13H18FNO2/c1-15-7-9(16)8-17-13-6-5-12(14)10-3-2-4-11(10)13/h5-6,9,15-16H,2-4,7-8H2,1H3. The van der Waals surface area contributed by atoms with Gasteiger partial charge in [-0.15, -0.1) is 0 Å². The van der Waals surface area contributed by atoms with Gasteiger partial charge in [-0.3, -0.25) is 0 Å². The van der Waals surface area contributed by atoms with Gasteiger partial charge in [0, 0.05) is 12.1 Å². The number of fused-ring (bicyclic) bond motifs is 1. The predicted octanol–water partition coefficient (Wildman–Crippen LogP) is 1.27. The number of halogens is 1. The van der Waals surface area contributed by atoms with Crippen molar-refractivity contribution in [3.05, 3.63) is 29.1 Å². The van der Waals surface area contributed by atoms with E-state index in [0.717, 1.165) is 30.4 Å². The minimum Gasteiger partial charge on any atom is -0.491 e. The summed E-state index contributed by atoms with van der Waals surface area (Å²) in [6.45, 7) is 0.725. The molecule has 0 bridgehead atoms. The summed E-state index contributed by atoms with van der Waals surface area (Å²) in [6, 6.07) is 3.11. The molecule has 2 N–H and O–H groups in total. The third kappa shape index (κ3) is 2.76. The Bertz CT molecular complexity index is 395. The summed E-state index contributed by atoms with van der Waals surface area (Å²) >= 11 is 0. The molecule has 0 spiro atoms. The van der Waals surface area contributed by atoms with E-state index in [1.165, 1.54) is 6.07 Å². The van der Waals surface area contributed by atoms with Crippen molar-refractivity contribution in [2.75, 3.05) is 20.2 Å². The first-order chi connectivity index (χ1) is 8.22. The van der Waals surface area contributed by atoms with Gasteiger partial charge in [0.15, 0.2) is 0 Å². The maximum Gasteiger partial charge on any atom is 0.126 e. The van der Waals surface area contributed by atoms with Gasteiger partial charge in [0.2, 0.25) is 0 Å². The summed E-state index contributed by atoms with van der Waals surface area (Å²) in [4.78, 5) is 0. The van der Waals surface area contributed by atoms with Gasteiger partial charge in [-0.25, -0.2) is 4.39 Å². The topological polar surface area (TPSA) is 41.5 Å². The molecule has 94 valence electrons. The van der Waals surface area contributed by atoms with E-state index in [9.17, 15) is 9.50 Å². The number of nitrogens with one attached hydrogen (secondary N) is 1. The van der Waals surface area contributed by atoms with E-state index < -0.39 is 6.10 Å². The number of benzene rings is 1. The van der Waals surface area contributed by atoms with Crippen LogP contribution in [-0.2, 0) is 12.8 Å². The normalized spacial score (nSPS) is 15.7. The van der Waals surface area contributed by atoms with Gasteiger partial charge < -0.3 is 15.2 Å². The lowest BCUT2D eigenvalue weighted by Gasteiger charge is -2.14. The third-order valence-corrected chi connectivity index (χ3v) is 3.06. The number of aliphatic hydroxyl groups is 1. The Kier molecular flexibility index (Phi) is 3.97. The van der Waals surface area contributed by atoms with Crippen LogP contribution >= 0.6 is 0 Å². The van der Waals surface area contributed by atoms with Gasteiger partial charge in [-0.1, -0.05) is 0 Å². The molecule has 1 aliphatic carbocycles. The van der Waals surface area contributed by atoms with Crippen molar-refractivity contribution < 1.29 is 14.2 Å². The quantitative estimate of drug-likeness (QED) is 0.813. The van der Waals surface area contributed by atoms with Crippen LogP contribution < -0.4 is 10.1 Å². The van der Waals surface area contributed by atoms with Crippen molar-refractivity contribution in [3.63, 3.8) is 0 Å². The second-order valence-corrected chi connectivity index (χ2v) is 4.38. The van der Waals surface area contributed by atoms with Crippen LogP contribution in [0.25, 0.3) is 0 Å². The molecule has 0 radical (unpaired) electrons. The summed E-state index contributed by atoms with van der Waals surface area (Å²) in [7, 11) is 1.78. The molecule has 0 heterocycles. The van der Waals surface area contributed by atoms with Crippen molar-refractivity contribution in [2.24, 2.45) is 0 Å². The molecule has 0 saturated heterocycles. The Hall–Kier alpha value is -1.13. The first-order valence-electron chi connectivity index (χ1n) is 5.98. The molecule has 1 aromatic carbocycles. The highest BCUT2D eigenvalue weighted by molar-refractivity contribution is 5.43. The van der Waals surface area contributed by atoms with E-state index in [4.69, 9.17) is 4.74 Å².